The molecule has 3 heteroatoms. The van der Waals surface area contributed by atoms with E-state index in [9.17, 15) is 4.39 Å². The van der Waals surface area contributed by atoms with Crippen molar-refractivity contribution in [2.75, 3.05) is 5.73 Å². The predicted octanol–water partition coefficient (Wildman–Crippen LogP) is 4.11. The Bertz CT molecular complexity index is 549. The molecule has 0 fully saturated rings. The van der Waals surface area contributed by atoms with Gasteiger partial charge in [0.05, 0.1) is 0 Å². The summed E-state index contributed by atoms with van der Waals surface area (Å²) in [7, 11) is 0. The lowest BCUT2D eigenvalue weighted by Crippen LogP contribution is -1.99. The van der Waals surface area contributed by atoms with E-state index in [2.05, 4.69) is 13.8 Å². The monoisotopic (exact) mass is 259 g/mol. The zero-order valence-corrected chi connectivity index (χ0v) is 11.2. The summed E-state index contributed by atoms with van der Waals surface area (Å²) in [4.78, 5) is 0. The second-order valence-electron chi connectivity index (χ2n) is 4.86. The average Bonchev–Trinajstić information content (AvgIpc) is 2.38. The van der Waals surface area contributed by atoms with Gasteiger partial charge in [0.15, 0.2) is 0 Å². The van der Waals surface area contributed by atoms with Gasteiger partial charge in [-0.1, -0.05) is 32.0 Å². The van der Waals surface area contributed by atoms with Gasteiger partial charge in [-0.2, -0.15) is 0 Å². The second-order valence-corrected chi connectivity index (χ2v) is 4.86. The molecule has 0 aliphatic heterocycles. The second kappa shape index (κ2) is 5.74. The number of hydrogen-bond donors (Lipinski definition) is 1. The third kappa shape index (κ3) is 3.47. The Morgan fingerprint density at radius 1 is 1.11 bits per heavy atom. The van der Waals surface area contributed by atoms with Crippen molar-refractivity contribution in [3.8, 4) is 5.75 Å². The molecule has 2 nitrogen and oxygen atoms in total. The van der Waals surface area contributed by atoms with Gasteiger partial charge in [-0.15, -0.1) is 0 Å². The molecule has 2 aromatic carbocycles. The summed E-state index contributed by atoms with van der Waals surface area (Å²) < 4.78 is 19.1. The van der Waals surface area contributed by atoms with E-state index in [-0.39, 0.29) is 12.4 Å². The van der Waals surface area contributed by atoms with E-state index in [4.69, 9.17) is 10.5 Å². The number of nitrogen functional groups attached to an aromatic ring is 1. The third-order valence-electron chi connectivity index (χ3n) is 3.02. The lowest BCUT2D eigenvalue weighted by Gasteiger charge is -2.09. The standard InChI is InChI=1S/C16H18FNO/c1-11(2)12-4-7-15(8-5-12)19-10-13-3-6-14(18)9-16(13)17/h3-9,11H,10,18H2,1-2H3. The molecule has 0 saturated carbocycles. The third-order valence-corrected chi connectivity index (χ3v) is 3.02. The minimum Gasteiger partial charge on any atom is -0.489 e. The summed E-state index contributed by atoms with van der Waals surface area (Å²) in [5.41, 5.74) is 7.68. The first kappa shape index (κ1) is 13.4. The Morgan fingerprint density at radius 3 is 2.37 bits per heavy atom. The van der Waals surface area contributed by atoms with Crippen molar-refractivity contribution in [2.45, 2.75) is 26.4 Å². The van der Waals surface area contributed by atoms with Gasteiger partial charge in [0, 0.05) is 11.3 Å². The van der Waals surface area contributed by atoms with Gasteiger partial charge in [0.1, 0.15) is 18.2 Å². The summed E-state index contributed by atoms with van der Waals surface area (Å²) in [6.07, 6.45) is 0. The normalized spacial score (nSPS) is 10.7. The highest BCUT2D eigenvalue weighted by atomic mass is 19.1. The minimum absolute atomic E-state index is 0.202. The minimum atomic E-state index is -0.334. The lowest BCUT2D eigenvalue weighted by molar-refractivity contribution is 0.300. The highest BCUT2D eigenvalue weighted by molar-refractivity contribution is 5.40. The van der Waals surface area contributed by atoms with Crippen LogP contribution in [0.4, 0.5) is 10.1 Å². The van der Waals surface area contributed by atoms with E-state index in [0.29, 0.717) is 17.2 Å². The first-order valence-electron chi connectivity index (χ1n) is 6.33. The summed E-state index contributed by atoms with van der Waals surface area (Å²) in [6.45, 7) is 4.48. The zero-order chi connectivity index (χ0) is 13.8. The molecular weight excluding hydrogens is 241 g/mol. The van der Waals surface area contributed by atoms with Crippen molar-refractivity contribution in [2.24, 2.45) is 0 Å². The maximum absolute atomic E-state index is 13.6. The summed E-state index contributed by atoms with van der Waals surface area (Å²) >= 11 is 0. The predicted molar refractivity (Wildman–Crippen MR) is 75.7 cm³/mol. The van der Waals surface area contributed by atoms with Crippen LogP contribution < -0.4 is 10.5 Å². The molecule has 0 radical (unpaired) electrons. The van der Waals surface area contributed by atoms with Crippen molar-refractivity contribution in [1.82, 2.24) is 0 Å². The molecule has 19 heavy (non-hydrogen) atoms. The molecule has 2 N–H and O–H groups in total. The van der Waals surface area contributed by atoms with Crippen molar-refractivity contribution in [3.05, 3.63) is 59.4 Å². The Labute approximate surface area is 113 Å². The maximum Gasteiger partial charge on any atom is 0.131 e. The molecule has 0 spiro atoms. The van der Waals surface area contributed by atoms with Gasteiger partial charge in [-0.05, 0) is 35.7 Å². The van der Waals surface area contributed by atoms with Crippen molar-refractivity contribution >= 4 is 5.69 Å². The van der Waals surface area contributed by atoms with Crippen LogP contribution >= 0.6 is 0 Å². The Morgan fingerprint density at radius 2 is 1.79 bits per heavy atom. The molecular formula is C16H18FNO. The fourth-order valence-electron chi connectivity index (χ4n) is 1.79. The molecule has 2 aromatic rings. The van der Waals surface area contributed by atoms with Crippen molar-refractivity contribution in [1.29, 1.82) is 0 Å². The van der Waals surface area contributed by atoms with Gasteiger partial charge in [0.25, 0.3) is 0 Å². The fourth-order valence-corrected chi connectivity index (χ4v) is 1.79. The molecule has 0 unspecified atom stereocenters. The molecule has 0 heterocycles. The first-order valence-corrected chi connectivity index (χ1v) is 6.33. The highest BCUT2D eigenvalue weighted by Gasteiger charge is 2.04. The van der Waals surface area contributed by atoms with Gasteiger partial charge in [0.2, 0.25) is 0 Å². The van der Waals surface area contributed by atoms with E-state index >= 15 is 0 Å². The van der Waals surface area contributed by atoms with Crippen molar-refractivity contribution < 1.29 is 9.13 Å². The van der Waals surface area contributed by atoms with Crippen LogP contribution in [0.2, 0.25) is 0 Å². The van der Waals surface area contributed by atoms with E-state index in [1.54, 1.807) is 12.1 Å². The van der Waals surface area contributed by atoms with E-state index < -0.39 is 0 Å². The largest absolute Gasteiger partial charge is 0.489 e. The summed E-state index contributed by atoms with van der Waals surface area (Å²) in [6, 6.07) is 12.5. The molecule has 0 aliphatic rings. The van der Waals surface area contributed by atoms with Gasteiger partial charge in [-0.3, -0.25) is 0 Å². The lowest BCUT2D eigenvalue weighted by atomic mass is 10.0. The van der Waals surface area contributed by atoms with Crippen LogP contribution in [-0.4, -0.2) is 0 Å². The number of nitrogens with two attached hydrogens (primary N) is 1. The Hall–Kier alpha value is -2.03. The molecule has 100 valence electrons. The fraction of sp³-hybridized carbons (Fsp3) is 0.250. The molecule has 0 bridgehead atoms. The zero-order valence-electron chi connectivity index (χ0n) is 11.2. The first-order chi connectivity index (χ1) is 9.06. The van der Waals surface area contributed by atoms with Crippen molar-refractivity contribution in [3.63, 3.8) is 0 Å². The van der Waals surface area contributed by atoms with E-state index in [1.165, 1.54) is 11.6 Å². The Kier molecular flexibility index (Phi) is 4.05. The molecule has 0 atom stereocenters. The average molecular weight is 259 g/mol. The smallest absolute Gasteiger partial charge is 0.131 e. The molecule has 0 amide bonds. The highest BCUT2D eigenvalue weighted by Crippen LogP contribution is 2.20. The van der Waals surface area contributed by atoms with Crippen LogP contribution in [0.5, 0.6) is 5.75 Å². The molecule has 0 aliphatic carbocycles. The molecule has 2 rings (SSSR count). The molecule has 0 saturated heterocycles. The topological polar surface area (TPSA) is 35.2 Å². The SMILES string of the molecule is CC(C)c1ccc(OCc2ccc(N)cc2F)cc1. The van der Waals surface area contributed by atoms with Crippen LogP contribution in [0.25, 0.3) is 0 Å². The number of anilines is 1. The Balaban J connectivity index is 2.02. The van der Waals surface area contributed by atoms with Gasteiger partial charge >= 0.3 is 0 Å². The van der Waals surface area contributed by atoms with Gasteiger partial charge in [-0.25, -0.2) is 4.39 Å². The molecule has 0 aromatic heterocycles. The van der Waals surface area contributed by atoms with Crippen LogP contribution in [-0.2, 0) is 6.61 Å². The summed E-state index contributed by atoms with van der Waals surface area (Å²) in [5.74, 6) is 0.892. The van der Waals surface area contributed by atoms with Gasteiger partial charge < -0.3 is 10.5 Å². The maximum atomic E-state index is 13.6. The number of rotatable bonds is 4. The van der Waals surface area contributed by atoms with Crippen LogP contribution in [0.1, 0.15) is 30.9 Å². The van der Waals surface area contributed by atoms with Crippen LogP contribution in [0, 0.1) is 5.82 Å². The summed E-state index contributed by atoms with van der Waals surface area (Å²) in [5, 5.41) is 0. The van der Waals surface area contributed by atoms with E-state index in [1.807, 2.05) is 24.3 Å². The van der Waals surface area contributed by atoms with Crippen LogP contribution in [0.15, 0.2) is 42.5 Å². The van der Waals surface area contributed by atoms with E-state index in [0.717, 1.165) is 5.75 Å². The number of benzene rings is 2. The number of ether oxygens (including phenoxy) is 1. The quantitative estimate of drug-likeness (QED) is 0.839. The number of halogens is 1. The van der Waals surface area contributed by atoms with Crippen LogP contribution in [0.3, 0.4) is 0 Å². The number of hydrogen-bond acceptors (Lipinski definition) is 2.